The van der Waals surface area contributed by atoms with Gasteiger partial charge in [-0.1, -0.05) is 29.8 Å². The van der Waals surface area contributed by atoms with E-state index >= 15 is 0 Å². The molecular weight excluding hydrogens is 288 g/mol. The Bertz CT molecular complexity index is 658. The second-order valence-electron chi connectivity index (χ2n) is 4.75. The molecular formula is C16H17ClN2O2. The normalized spacial score (nSPS) is 11.8. The van der Waals surface area contributed by atoms with Crippen LogP contribution in [0.15, 0.2) is 42.5 Å². The fourth-order valence-corrected chi connectivity index (χ4v) is 1.99. The van der Waals surface area contributed by atoms with Crippen LogP contribution in [0.25, 0.3) is 0 Å². The molecule has 0 bridgehead atoms. The van der Waals surface area contributed by atoms with Crippen LogP contribution >= 0.6 is 11.6 Å². The summed E-state index contributed by atoms with van der Waals surface area (Å²) in [6.45, 7) is 3.62. The molecule has 1 unspecified atom stereocenters. The van der Waals surface area contributed by atoms with E-state index in [2.05, 4.69) is 5.32 Å². The molecule has 2 rings (SSSR count). The Morgan fingerprint density at radius 1 is 1.29 bits per heavy atom. The number of hydrogen-bond donors (Lipinski definition) is 2. The van der Waals surface area contributed by atoms with Crippen LogP contribution in [0, 0.1) is 6.92 Å². The molecule has 1 amide bonds. The average Bonchev–Trinajstić information content (AvgIpc) is 2.44. The van der Waals surface area contributed by atoms with Gasteiger partial charge in [-0.2, -0.15) is 0 Å². The Kier molecular flexibility index (Phi) is 4.70. The highest BCUT2D eigenvalue weighted by atomic mass is 35.5. The fraction of sp³-hybridized carbons (Fsp3) is 0.188. The maximum Gasteiger partial charge on any atom is 0.265 e. The lowest BCUT2D eigenvalue weighted by atomic mass is 10.2. The number of carbonyl (C=O) groups is 1. The van der Waals surface area contributed by atoms with Crippen LogP contribution in [0.5, 0.6) is 5.75 Å². The van der Waals surface area contributed by atoms with Crippen LogP contribution in [0.3, 0.4) is 0 Å². The van der Waals surface area contributed by atoms with Gasteiger partial charge in [0.25, 0.3) is 5.91 Å². The van der Waals surface area contributed by atoms with Gasteiger partial charge in [0.05, 0.1) is 11.4 Å². The molecule has 3 N–H and O–H groups in total. The first-order valence-electron chi connectivity index (χ1n) is 6.55. The summed E-state index contributed by atoms with van der Waals surface area (Å²) in [4.78, 5) is 12.1. The topological polar surface area (TPSA) is 64.3 Å². The molecule has 0 aliphatic rings. The standard InChI is InChI=1S/C16H17ClN2O2/c1-10-5-3-4-6-15(10)21-11(2)16(20)19-14-8-7-12(17)9-13(14)18/h3-9,11H,18H2,1-2H3,(H,19,20). The van der Waals surface area contributed by atoms with Crippen LogP contribution in [0.4, 0.5) is 11.4 Å². The van der Waals surface area contributed by atoms with Crippen molar-refractivity contribution < 1.29 is 9.53 Å². The lowest BCUT2D eigenvalue weighted by molar-refractivity contribution is -0.122. The second kappa shape index (κ2) is 6.50. The highest BCUT2D eigenvalue weighted by Crippen LogP contribution is 2.23. The minimum Gasteiger partial charge on any atom is -0.481 e. The number of halogens is 1. The smallest absolute Gasteiger partial charge is 0.265 e. The Morgan fingerprint density at radius 3 is 2.67 bits per heavy atom. The zero-order valence-electron chi connectivity index (χ0n) is 11.9. The number of carbonyl (C=O) groups excluding carboxylic acids is 1. The largest absolute Gasteiger partial charge is 0.481 e. The zero-order chi connectivity index (χ0) is 15.4. The molecule has 0 heterocycles. The van der Waals surface area contributed by atoms with Crippen molar-refractivity contribution in [3.8, 4) is 5.75 Å². The van der Waals surface area contributed by atoms with Crippen molar-refractivity contribution in [3.63, 3.8) is 0 Å². The number of anilines is 2. The molecule has 0 saturated heterocycles. The number of nitrogen functional groups attached to an aromatic ring is 1. The lowest BCUT2D eigenvalue weighted by Gasteiger charge is -2.17. The molecule has 2 aromatic carbocycles. The van der Waals surface area contributed by atoms with Crippen molar-refractivity contribution >= 4 is 28.9 Å². The summed E-state index contributed by atoms with van der Waals surface area (Å²) >= 11 is 5.82. The quantitative estimate of drug-likeness (QED) is 0.848. The van der Waals surface area contributed by atoms with E-state index in [0.29, 0.717) is 22.1 Å². The Hall–Kier alpha value is -2.20. The van der Waals surface area contributed by atoms with Gasteiger partial charge in [0.2, 0.25) is 0 Å². The van der Waals surface area contributed by atoms with Crippen LogP contribution < -0.4 is 15.8 Å². The van der Waals surface area contributed by atoms with E-state index in [-0.39, 0.29) is 5.91 Å². The molecule has 5 heteroatoms. The third kappa shape index (κ3) is 3.89. The van der Waals surface area contributed by atoms with Gasteiger partial charge in [-0.15, -0.1) is 0 Å². The molecule has 0 spiro atoms. The number of nitrogens with two attached hydrogens (primary N) is 1. The van der Waals surface area contributed by atoms with E-state index in [1.165, 1.54) is 0 Å². The van der Waals surface area contributed by atoms with E-state index in [1.54, 1.807) is 25.1 Å². The van der Waals surface area contributed by atoms with Gasteiger partial charge in [-0.25, -0.2) is 0 Å². The van der Waals surface area contributed by atoms with Gasteiger partial charge in [-0.3, -0.25) is 4.79 Å². The molecule has 1 atom stereocenters. The van der Waals surface area contributed by atoms with Crippen molar-refractivity contribution in [1.82, 2.24) is 0 Å². The monoisotopic (exact) mass is 304 g/mol. The maximum absolute atomic E-state index is 12.1. The zero-order valence-corrected chi connectivity index (χ0v) is 12.6. The molecule has 0 aromatic heterocycles. The molecule has 0 aliphatic heterocycles. The highest BCUT2D eigenvalue weighted by molar-refractivity contribution is 6.31. The summed E-state index contributed by atoms with van der Waals surface area (Å²) in [7, 11) is 0. The number of benzene rings is 2. The number of aryl methyl sites for hydroxylation is 1. The van der Waals surface area contributed by atoms with Gasteiger partial charge >= 0.3 is 0 Å². The average molecular weight is 305 g/mol. The SMILES string of the molecule is Cc1ccccc1OC(C)C(=O)Nc1ccc(Cl)cc1N. The molecule has 0 radical (unpaired) electrons. The number of nitrogens with one attached hydrogen (secondary N) is 1. The van der Waals surface area contributed by atoms with Gasteiger partial charge in [0.15, 0.2) is 6.10 Å². The summed E-state index contributed by atoms with van der Waals surface area (Å²) in [5.74, 6) is 0.413. The van der Waals surface area contributed by atoms with Gasteiger partial charge in [-0.05, 0) is 43.7 Å². The van der Waals surface area contributed by atoms with Gasteiger partial charge < -0.3 is 15.8 Å². The first-order chi connectivity index (χ1) is 9.97. The van der Waals surface area contributed by atoms with Gasteiger partial charge in [0.1, 0.15) is 5.75 Å². The van der Waals surface area contributed by atoms with Crippen LogP contribution in [-0.4, -0.2) is 12.0 Å². The van der Waals surface area contributed by atoms with Crippen molar-refractivity contribution in [3.05, 3.63) is 53.1 Å². The maximum atomic E-state index is 12.1. The summed E-state index contributed by atoms with van der Waals surface area (Å²) in [6.07, 6.45) is -0.638. The molecule has 21 heavy (non-hydrogen) atoms. The predicted octanol–water partition coefficient (Wildman–Crippen LogP) is 3.64. The van der Waals surface area contributed by atoms with Crippen molar-refractivity contribution in [1.29, 1.82) is 0 Å². The molecule has 0 fully saturated rings. The van der Waals surface area contributed by atoms with Crippen molar-refractivity contribution in [2.75, 3.05) is 11.1 Å². The number of para-hydroxylation sites is 1. The molecule has 110 valence electrons. The first-order valence-corrected chi connectivity index (χ1v) is 6.93. The molecule has 0 saturated carbocycles. The number of rotatable bonds is 4. The van der Waals surface area contributed by atoms with Crippen LogP contribution in [-0.2, 0) is 4.79 Å². The van der Waals surface area contributed by atoms with Crippen LogP contribution in [0.1, 0.15) is 12.5 Å². The van der Waals surface area contributed by atoms with E-state index in [9.17, 15) is 4.79 Å². The van der Waals surface area contributed by atoms with Crippen molar-refractivity contribution in [2.24, 2.45) is 0 Å². The molecule has 2 aromatic rings. The predicted molar refractivity (Wildman–Crippen MR) is 85.8 cm³/mol. The number of hydrogen-bond acceptors (Lipinski definition) is 3. The van der Waals surface area contributed by atoms with E-state index in [0.717, 1.165) is 5.56 Å². The number of ether oxygens (including phenoxy) is 1. The number of amides is 1. The van der Waals surface area contributed by atoms with E-state index in [1.807, 2.05) is 31.2 Å². The Balaban J connectivity index is 2.04. The molecule has 0 aliphatic carbocycles. The Morgan fingerprint density at radius 2 is 2.00 bits per heavy atom. The summed E-state index contributed by atoms with van der Waals surface area (Å²) in [5.41, 5.74) is 7.72. The summed E-state index contributed by atoms with van der Waals surface area (Å²) in [5, 5.41) is 3.25. The highest BCUT2D eigenvalue weighted by Gasteiger charge is 2.16. The third-order valence-electron chi connectivity index (χ3n) is 3.04. The third-order valence-corrected chi connectivity index (χ3v) is 3.27. The van der Waals surface area contributed by atoms with Crippen molar-refractivity contribution in [2.45, 2.75) is 20.0 Å². The van der Waals surface area contributed by atoms with E-state index in [4.69, 9.17) is 22.1 Å². The second-order valence-corrected chi connectivity index (χ2v) is 5.18. The van der Waals surface area contributed by atoms with Gasteiger partial charge in [0, 0.05) is 5.02 Å². The first kappa shape index (κ1) is 15.2. The minimum atomic E-state index is -0.638. The summed E-state index contributed by atoms with van der Waals surface area (Å²) in [6, 6.07) is 12.5. The lowest BCUT2D eigenvalue weighted by Crippen LogP contribution is -2.30. The van der Waals surface area contributed by atoms with Crippen LogP contribution in [0.2, 0.25) is 5.02 Å². The van der Waals surface area contributed by atoms with E-state index < -0.39 is 6.10 Å². The molecule has 4 nitrogen and oxygen atoms in total. The summed E-state index contributed by atoms with van der Waals surface area (Å²) < 4.78 is 5.66. The Labute approximate surface area is 128 Å². The minimum absolute atomic E-state index is 0.271. The fourth-order valence-electron chi connectivity index (χ4n) is 1.81.